The number of rotatable bonds is 5. The number of morpholine rings is 1. The molecule has 1 unspecified atom stereocenters. The van der Waals surface area contributed by atoms with Gasteiger partial charge in [-0.2, -0.15) is 0 Å². The average molecular weight is 440 g/mol. The molecule has 0 radical (unpaired) electrons. The number of ether oxygens (including phenoxy) is 1. The summed E-state index contributed by atoms with van der Waals surface area (Å²) in [6.45, 7) is 5.91. The van der Waals surface area contributed by atoms with Crippen molar-refractivity contribution >= 4 is 34.2 Å². The number of carbonyl (C=O) groups excluding carboxylic acids is 1. The first-order chi connectivity index (χ1) is 12.1. The predicted molar refractivity (Wildman–Crippen MR) is 110 cm³/mol. The summed E-state index contributed by atoms with van der Waals surface area (Å²) in [6.07, 6.45) is 0. The van der Waals surface area contributed by atoms with Gasteiger partial charge in [0.15, 0.2) is 0 Å². The summed E-state index contributed by atoms with van der Waals surface area (Å²) in [5, 5.41) is 3.09. The lowest BCUT2D eigenvalue weighted by atomic mass is 10.0. The fourth-order valence-electron chi connectivity index (χ4n) is 3.03. The average Bonchev–Trinajstić information content (AvgIpc) is 2.64. The summed E-state index contributed by atoms with van der Waals surface area (Å²) in [5.74, 6) is -0.0436. The number of hydrogen-bond donors (Lipinski definition) is 1. The molecule has 1 aliphatic rings. The molecule has 2 aromatic rings. The monoisotopic (exact) mass is 438 g/mol. The molecule has 0 aromatic heterocycles. The topological polar surface area (TPSA) is 41.6 Å². The summed E-state index contributed by atoms with van der Waals surface area (Å²) < 4.78 is 6.45. The fraction of sp³-hybridized carbons (Fsp3) is 0.350. The van der Waals surface area contributed by atoms with Gasteiger partial charge in [0.05, 0.1) is 19.3 Å². The number of nitrogens with zero attached hydrogens (tertiary/aromatic N) is 1. The SMILES string of the molecule is Cc1ccc(C(CNC(=O)c2ccc(Br)cc2)N2CCOCC2)cc1.Cl. The molecule has 0 bridgehead atoms. The first-order valence-electron chi connectivity index (χ1n) is 8.55. The van der Waals surface area contributed by atoms with Gasteiger partial charge in [-0.05, 0) is 36.8 Å². The first-order valence-corrected chi connectivity index (χ1v) is 9.35. The van der Waals surface area contributed by atoms with Crippen LogP contribution in [0.5, 0.6) is 0 Å². The molecule has 3 rings (SSSR count). The van der Waals surface area contributed by atoms with E-state index in [1.54, 1.807) is 0 Å². The Morgan fingerprint density at radius 2 is 1.73 bits per heavy atom. The van der Waals surface area contributed by atoms with Crippen LogP contribution in [-0.4, -0.2) is 43.7 Å². The number of nitrogens with one attached hydrogen (secondary N) is 1. The molecule has 1 heterocycles. The Morgan fingerprint density at radius 1 is 1.12 bits per heavy atom. The molecule has 1 N–H and O–H groups in total. The van der Waals surface area contributed by atoms with Gasteiger partial charge >= 0.3 is 0 Å². The van der Waals surface area contributed by atoms with E-state index < -0.39 is 0 Å². The van der Waals surface area contributed by atoms with E-state index in [1.165, 1.54) is 11.1 Å². The standard InChI is InChI=1S/C20H23BrN2O2.ClH/c1-15-2-4-16(5-3-15)19(23-10-12-25-13-11-23)14-22-20(24)17-6-8-18(21)9-7-17;/h2-9,19H,10-14H2,1H3,(H,22,24);1H. The van der Waals surface area contributed by atoms with Crippen molar-refractivity contribution in [2.45, 2.75) is 13.0 Å². The smallest absolute Gasteiger partial charge is 0.251 e. The quantitative estimate of drug-likeness (QED) is 0.766. The van der Waals surface area contributed by atoms with Crippen LogP contribution in [0.25, 0.3) is 0 Å². The Hall–Kier alpha value is -1.40. The van der Waals surface area contributed by atoms with Crippen LogP contribution in [-0.2, 0) is 4.74 Å². The maximum Gasteiger partial charge on any atom is 0.251 e. The zero-order chi connectivity index (χ0) is 17.6. The van der Waals surface area contributed by atoms with Gasteiger partial charge in [0.25, 0.3) is 5.91 Å². The van der Waals surface area contributed by atoms with E-state index in [0.29, 0.717) is 12.1 Å². The normalized spacial score (nSPS) is 15.8. The maximum atomic E-state index is 12.5. The van der Waals surface area contributed by atoms with Gasteiger partial charge in [0.2, 0.25) is 0 Å². The van der Waals surface area contributed by atoms with Gasteiger partial charge in [-0.25, -0.2) is 0 Å². The molecule has 2 aromatic carbocycles. The Balaban J connectivity index is 0.00000243. The molecule has 26 heavy (non-hydrogen) atoms. The molecule has 1 amide bonds. The number of aryl methyl sites for hydroxylation is 1. The van der Waals surface area contributed by atoms with Gasteiger partial charge in [0.1, 0.15) is 0 Å². The Morgan fingerprint density at radius 3 is 2.35 bits per heavy atom. The number of hydrogen-bond acceptors (Lipinski definition) is 3. The highest BCUT2D eigenvalue weighted by atomic mass is 79.9. The van der Waals surface area contributed by atoms with E-state index in [1.807, 2.05) is 24.3 Å². The molecular weight excluding hydrogens is 416 g/mol. The molecule has 1 saturated heterocycles. The minimum absolute atomic E-state index is 0. The van der Waals surface area contributed by atoms with Crippen molar-refractivity contribution in [1.29, 1.82) is 0 Å². The lowest BCUT2D eigenvalue weighted by Crippen LogP contribution is -2.43. The molecule has 1 atom stereocenters. The van der Waals surface area contributed by atoms with Gasteiger partial charge < -0.3 is 10.1 Å². The third-order valence-corrected chi connectivity index (χ3v) is 5.04. The highest BCUT2D eigenvalue weighted by molar-refractivity contribution is 9.10. The van der Waals surface area contributed by atoms with Gasteiger partial charge in [-0.3, -0.25) is 9.69 Å². The van der Waals surface area contributed by atoms with Crippen LogP contribution < -0.4 is 5.32 Å². The zero-order valence-corrected chi connectivity index (χ0v) is 17.2. The van der Waals surface area contributed by atoms with Crippen molar-refractivity contribution in [2.75, 3.05) is 32.8 Å². The highest BCUT2D eigenvalue weighted by Crippen LogP contribution is 2.22. The summed E-state index contributed by atoms with van der Waals surface area (Å²) >= 11 is 3.40. The second-order valence-corrected chi connectivity index (χ2v) is 7.21. The lowest BCUT2D eigenvalue weighted by Gasteiger charge is -2.35. The van der Waals surface area contributed by atoms with E-state index in [2.05, 4.69) is 57.3 Å². The summed E-state index contributed by atoms with van der Waals surface area (Å²) in [4.78, 5) is 14.8. The van der Waals surface area contributed by atoms with Gasteiger partial charge in [0, 0.05) is 29.7 Å². The van der Waals surface area contributed by atoms with E-state index in [9.17, 15) is 4.79 Å². The van der Waals surface area contributed by atoms with Crippen LogP contribution in [0, 0.1) is 6.92 Å². The summed E-state index contributed by atoms with van der Waals surface area (Å²) in [5.41, 5.74) is 3.14. The van der Waals surface area contributed by atoms with Crippen molar-refractivity contribution in [2.24, 2.45) is 0 Å². The van der Waals surface area contributed by atoms with Crippen LogP contribution in [0.3, 0.4) is 0 Å². The van der Waals surface area contributed by atoms with E-state index in [0.717, 1.165) is 30.8 Å². The van der Waals surface area contributed by atoms with Crippen molar-refractivity contribution in [1.82, 2.24) is 10.2 Å². The van der Waals surface area contributed by atoms with Crippen molar-refractivity contribution in [3.05, 3.63) is 69.7 Å². The molecule has 0 aliphatic carbocycles. The second kappa shape index (κ2) is 10.1. The molecule has 0 spiro atoms. The van der Waals surface area contributed by atoms with E-state index >= 15 is 0 Å². The zero-order valence-electron chi connectivity index (χ0n) is 14.8. The molecule has 4 nitrogen and oxygen atoms in total. The van der Waals surface area contributed by atoms with Crippen LogP contribution in [0.2, 0.25) is 0 Å². The third kappa shape index (κ3) is 5.55. The molecular formula is C20H24BrClN2O2. The molecule has 0 saturated carbocycles. The minimum Gasteiger partial charge on any atom is -0.379 e. The highest BCUT2D eigenvalue weighted by Gasteiger charge is 2.23. The van der Waals surface area contributed by atoms with Crippen molar-refractivity contribution in [3.8, 4) is 0 Å². The number of carbonyl (C=O) groups is 1. The van der Waals surface area contributed by atoms with Gasteiger partial charge in [-0.1, -0.05) is 45.8 Å². The van der Waals surface area contributed by atoms with Crippen LogP contribution >= 0.6 is 28.3 Å². The molecule has 6 heteroatoms. The maximum absolute atomic E-state index is 12.5. The van der Waals surface area contributed by atoms with Crippen LogP contribution in [0.1, 0.15) is 27.5 Å². The molecule has 140 valence electrons. The Kier molecular flexibility index (Phi) is 8.10. The van der Waals surface area contributed by atoms with Crippen LogP contribution in [0.4, 0.5) is 0 Å². The predicted octanol–water partition coefficient (Wildman–Crippen LogP) is 3.98. The molecule has 1 fully saturated rings. The van der Waals surface area contributed by atoms with E-state index in [4.69, 9.17) is 4.74 Å². The Bertz CT molecular complexity index is 701. The third-order valence-electron chi connectivity index (χ3n) is 4.51. The number of halogens is 2. The number of benzene rings is 2. The van der Waals surface area contributed by atoms with Crippen molar-refractivity contribution in [3.63, 3.8) is 0 Å². The minimum atomic E-state index is -0.0436. The van der Waals surface area contributed by atoms with Crippen LogP contribution in [0.15, 0.2) is 53.0 Å². The molecule has 1 aliphatic heterocycles. The largest absolute Gasteiger partial charge is 0.379 e. The number of amides is 1. The summed E-state index contributed by atoms with van der Waals surface area (Å²) in [7, 11) is 0. The first kappa shape index (κ1) is 20.9. The lowest BCUT2D eigenvalue weighted by molar-refractivity contribution is 0.0162. The van der Waals surface area contributed by atoms with E-state index in [-0.39, 0.29) is 24.4 Å². The second-order valence-electron chi connectivity index (χ2n) is 6.29. The van der Waals surface area contributed by atoms with Crippen molar-refractivity contribution < 1.29 is 9.53 Å². The van der Waals surface area contributed by atoms with Gasteiger partial charge in [-0.15, -0.1) is 12.4 Å². The Labute approximate surface area is 169 Å². The fourth-order valence-corrected chi connectivity index (χ4v) is 3.29. The summed E-state index contributed by atoms with van der Waals surface area (Å²) in [6, 6.07) is 16.1.